The summed E-state index contributed by atoms with van der Waals surface area (Å²) >= 11 is 6.17. The van der Waals surface area contributed by atoms with E-state index in [1.165, 1.54) is 0 Å². The van der Waals surface area contributed by atoms with Crippen molar-refractivity contribution in [2.75, 3.05) is 6.61 Å². The van der Waals surface area contributed by atoms with Gasteiger partial charge < -0.3 is 9.30 Å². The average molecular weight is 561 g/mol. The Balaban J connectivity index is 1.81. The van der Waals surface area contributed by atoms with Crippen LogP contribution in [0.25, 0.3) is 27.8 Å². The van der Waals surface area contributed by atoms with Crippen LogP contribution in [0.2, 0.25) is 5.02 Å². The highest BCUT2D eigenvalue weighted by molar-refractivity contribution is 6.30. The highest BCUT2D eigenvalue weighted by Crippen LogP contribution is 2.40. The zero-order chi connectivity index (χ0) is 28.7. The predicted molar refractivity (Wildman–Crippen MR) is 164 cm³/mol. The minimum Gasteiger partial charge on any atom is -0.462 e. The molecule has 6 aromatic rings. The molecule has 0 spiro atoms. The number of rotatable bonds is 7. The molecule has 41 heavy (non-hydrogen) atoms. The predicted octanol–water partition coefficient (Wildman–Crippen LogP) is 8.29. The van der Waals surface area contributed by atoms with Gasteiger partial charge in [-0.1, -0.05) is 72.3 Å². The van der Waals surface area contributed by atoms with Gasteiger partial charge in [-0.25, -0.2) is 4.79 Å². The number of hydrogen-bond donors (Lipinski definition) is 0. The molecule has 0 radical (unpaired) electrons. The quantitative estimate of drug-likeness (QED) is 0.146. The Bertz CT molecular complexity index is 1920. The van der Waals surface area contributed by atoms with Crippen LogP contribution < -0.4 is 0 Å². The Labute approximate surface area is 243 Å². The smallest absolute Gasteiger partial charge is 0.342 e. The van der Waals surface area contributed by atoms with Crippen LogP contribution in [0.1, 0.15) is 50.0 Å². The summed E-state index contributed by atoms with van der Waals surface area (Å²) in [6.07, 6.45) is 0. The first-order valence-corrected chi connectivity index (χ1v) is 14.0. The van der Waals surface area contributed by atoms with Gasteiger partial charge in [0.2, 0.25) is 5.78 Å². The van der Waals surface area contributed by atoms with E-state index in [1.807, 2.05) is 52.9 Å². The van der Waals surface area contributed by atoms with Gasteiger partial charge in [-0.05, 0) is 79.4 Å². The molecule has 6 heteroatoms. The van der Waals surface area contributed by atoms with E-state index >= 15 is 0 Å². The molecule has 204 valence electrons. The Morgan fingerprint density at radius 2 is 1.41 bits per heavy atom. The number of halogens is 1. The summed E-state index contributed by atoms with van der Waals surface area (Å²) in [4.78, 5) is 28.4. The van der Waals surface area contributed by atoms with Crippen molar-refractivity contribution in [3.63, 3.8) is 0 Å². The van der Waals surface area contributed by atoms with E-state index in [4.69, 9.17) is 16.3 Å². The van der Waals surface area contributed by atoms with Gasteiger partial charge in [-0.3, -0.25) is 9.20 Å². The Morgan fingerprint density at radius 3 is 2.05 bits per heavy atom. The van der Waals surface area contributed by atoms with Crippen LogP contribution in [-0.2, 0) is 11.3 Å². The van der Waals surface area contributed by atoms with Gasteiger partial charge in [0, 0.05) is 22.7 Å². The van der Waals surface area contributed by atoms with Crippen molar-refractivity contribution in [2.24, 2.45) is 0 Å². The van der Waals surface area contributed by atoms with Crippen LogP contribution >= 0.6 is 11.6 Å². The maximum atomic E-state index is 14.5. The van der Waals surface area contributed by atoms with Gasteiger partial charge in [0.25, 0.3) is 0 Å². The molecule has 4 aromatic carbocycles. The van der Waals surface area contributed by atoms with E-state index < -0.39 is 5.97 Å². The number of ketones is 1. The molecular formula is C35H29ClN2O3. The Kier molecular flexibility index (Phi) is 6.98. The fourth-order valence-electron chi connectivity index (χ4n) is 5.51. The summed E-state index contributed by atoms with van der Waals surface area (Å²) in [7, 11) is 0. The number of aryl methyl sites for hydroxylation is 2. The van der Waals surface area contributed by atoms with Crippen LogP contribution in [0.4, 0.5) is 0 Å². The summed E-state index contributed by atoms with van der Waals surface area (Å²) in [5, 5.41) is 0.544. The number of imidazole rings is 1. The maximum absolute atomic E-state index is 14.5. The second-order valence-corrected chi connectivity index (χ2v) is 10.6. The Morgan fingerprint density at radius 1 is 0.805 bits per heavy atom. The summed E-state index contributed by atoms with van der Waals surface area (Å²) in [6.45, 7) is 6.64. The van der Waals surface area contributed by atoms with Crippen LogP contribution in [-0.4, -0.2) is 27.3 Å². The average Bonchev–Trinajstić information content (AvgIpc) is 3.47. The van der Waals surface area contributed by atoms with E-state index in [-0.39, 0.29) is 12.4 Å². The van der Waals surface area contributed by atoms with E-state index in [2.05, 4.69) is 42.7 Å². The number of nitrogens with zero attached hydrogens (tertiary/aromatic N) is 2. The fraction of sp³-hybridized carbons (Fsp3) is 0.143. The first-order chi connectivity index (χ1) is 19.9. The molecule has 0 amide bonds. The topological polar surface area (TPSA) is 52.7 Å². The lowest BCUT2D eigenvalue weighted by atomic mass is 9.96. The molecule has 0 bridgehead atoms. The first-order valence-electron chi connectivity index (χ1n) is 13.6. The molecule has 0 aliphatic heterocycles. The molecule has 0 saturated carbocycles. The molecule has 5 nitrogen and oxygen atoms in total. The van der Waals surface area contributed by atoms with Crippen molar-refractivity contribution < 1.29 is 14.3 Å². The number of esters is 1. The van der Waals surface area contributed by atoms with E-state index in [0.29, 0.717) is 39.6 Å². The number of fused-ring (bicyclic) bond motifs is 3. The van der Waals surface area contributed by atoms with E-state index in [1.54, 1.807) is 31.2 Å². The molecule has 0 aliphatic rings. The van der Waals surface area contributed by atoms with Gasteiger partial charge in [-0.2, -0.15) is 0 Å². The summed E-state index contributed by atoms with van der Waals surface area (Å²) < 4.78 is 9.76. The van der Waals surface area contributed by atoms with Crippen molar-refractivity contribution in [1.82, 2.24) is 8.97 Å². The minimum absolute atomic E-state index is 0.206. The zero-order valence-electron chi connectivity index (χ0n) is 23.1. The van der Waals surface area contributed by atoms with Crippen molar-refractivity contribution in [3.05, 3.63) is 136 Å². The zero-order valence-corrected chi connectivity index (χ0v) is 23.9. The standard InChI is InChI=1S/C35H29ClN2O3/c1-4-41-35(40)31-30(25-13-9-6-10-14-25)32(33(39)26-15-17-27(36)18-16-26)38-29-20-23(3)22(2)19-28(29)37(34(31)38)21-24-11-7-5-8-12-24/h5-20H,4,21H2,1-3H3. The summed E-state index contributed by atoms with van der Waals surface area (Å²) in [5.41, 5.74) is 8.29. The largest absolute Gasteiger partial charge is 0.462 e. The molecule has 0 unspecified atom stereocenters. The third-order valence-electron chi connectivity index (χ3n) is 7.57. The van der Waals surface area contributed by atoms with Crippen molar-refractivity contribution in [1.29, 1.82) is 0 Å². The normalized spacial score (nSPS) is 11.3. The lowest BCUT2D eigenvalue weighted by Crippen LogP contribution is -2.10. The van der Waals surface area contributed by atoms with E-state index in [9.17, 15) is 9.59 Å². The van der Waals surface area contributed by atoms with Crippen molar-refractivity contribution in [2.45, 2.75) is 27.3 Å². The molecule has 0 N–H and O–H groups in total. The SMILES string of the molecule is CCOC(=O)c1c(-c2ccccc2)c(C(=O)c2ccc(Cl)cc2)n2c3cc(C)c(C)cc3n(Cc3ccccc3)c12. The van der Waals surface area contributed by atoms with Crippen LogP contribution in [0.3, 0.4) is 0 Å². The highest BCUT2D eigenvalue weighted by atomic mass is 35.5. The molecule has 2 aromatic heterocycles. The fourth-order valence-corrected chi connectivity index (χ4v) is 5.63. The third-order valence-corrected chi connectivity index (χ3v) is 7.82. The molecule has 0 aliphatic carbocycles. The van der Waals surface area contributed by atoms with Gasteiger partial charge in [0.05, 0.1) is 17.6 Å². The number of aromatic nitrogens is 2. The molecule has 6 rings (SSSR count). The second-order valence-electron chi connectivity index (χ2n) is 10.2. The molecule has 0 atom stereocenters. The number of ether oxygens (including phenoxy) is 1. The van der Waals surface area contributed by atoms with Crippen molar-refractivity contribution >= 4 is 40.0 Å². The minimum atomic E-state index is -0.468. The monoisotopic (exact) mass is 560 g/mol. The summed E-state index contributed by atoms with van der Waals surface area (Å²) in [6, 6.07) is 30.8. The number of benzene rings is 4. The lowest BCUT2D eigenvalue weighted by Gasteiger charge is -2.12. The van der Waals surface area contributed by atoms with Gasteiger partial charge >= 0.3 is 5.97 Å². The maximum Gasteiger partial charge on any atom is 0.342 e. The summed E-state index contributed by atoms with van der Waals surface area (Å²) in [5.74, 6) is -0.673. The Hall–Kier alpha value is -4.61. The molecule has 2 heterocycles. The number of hydrogen-bond acceptors (Lipinski definition) is 3. The molecule has 0 saturated heterocycles. The molecular weight excluding hydrogens is 532 g/mol. The van der Waals surface area contributed by atoms with Gasteiger partial charge in [0.15, 0.2) is 0 Å². The van der Waals surface area contributed by atoms with Crippen LogP contribution in [0.15, 0.2) is 97.1 Å². The van der Waals surface area contributed by atoms with Gasteiger partial charge in [-0.15, -0.1) is 0 Å². The van der Waals surface area contributed by atoms with Gasteiger partial charge in [0.1, 0.15) is 16.9 Å². The molecule has 0 fully saturated rings. The number of carbonyl (C=O) groups is 2. The lowest BCUT2D eigenvalue weighted by molar-refractivity contribution is 0.0529. The highest BCUT2D eigenvalue weighted by Gasteiger charge is 2.33. The second kappa shape index (κ2) is 10.8. The number of carbonyl (C=O) groups excluding carboxylic acids is 2. The van der Waals surface area contributed by atoms with Crippen LogP contribution in [0.5, 0.6) is 0 Å². The van der Waals surface area contributed by atoms with Crippen LogP contribution in [0, 0.1) is 13.8 Å². The third kappa shape index (κ3) is 4.62. The van der Waals surface area contributed by atoms with Crippen molar-refractivity contribution in [3.8, 4) is 11.1 Å². The first kappa shape index (κ1) is 26.6. The van der Waals surface area contributed by atoms with E-state index in [0.717, 1.165) is 33.3 Å².